The lowest BCUT2D eigenvalue weighted by Gasteiger charge is -2.08. The van der Waals surface area contributed by atoms with Gasteiger partial charge < -0.3 is 10.1 Å². The van der Waals surface area contributed by atoms with E-state index in [0.29, 0.717) is 17.9 Å². The van der Waals surface area contributed by atoms with Crippen LogP contribution in [-0.4, -0.2) is 12.5 Å². The zero-order chi connectivity index (χ0) is 15.2. The van der Waals surface area contributed by atoms with Crippen molar-refractivity contribution in [2.24, 2.45) is 0 Å². The van der Waals surface area contributed by atoms with Crippen molar-refractivity contribution in [1.29, 1.82) is 0 Å². The Hall–Kier alpha value is -2.62. The first-order valence-electron chi connectivity index (χ1n) is 6.49. The highest BCUT2D eigenvalue weighted by molar-refractivity contribution is 6.04. The van der Waals surface area contributed by atoms with Crippen LogP contribution in [0, 0.1) is 5.82 Å². The molecule has 0 fully saturated rings. The second-order valence-electron chi connectivity index (χ2n) is 4.70. The Bertz CT molecular complexity index is 650. The summed E-state index contributed by atoms with van der Waals surface area (Å²) in [5.74, 6) is -0.181. The molecule has 2 rings (SSSR count). The molecule has 0 aromatic heterocycles. The van der Waals surface area contributed by atoms with E-state index in [2.05, 4.69) is 11.9 Å². The van der Waals surface area contributed by atoms with Gasteiger partial charge in [0.15, 0.2) is 0 Å². The smallest absolute Gasteiger partial charge is 0.255 e. The van der Waals surface area contributed by atoms with Crippen LogP contribution in [0.1, 0.15) is 17.3 Å². The lowest BCUT2D eigenvalue weighted by atomic mass is 10.2. The molecule has 2 aromatic rings. The molecule has 0 saturated heterocycles. The average molecular weight is 285 g/mol. The van der Waals surface area contributed by atoms with Crippen molar-refractivity contribution in [3.8, 4) is 5.75 Å². The molecule has 0 unspecified atom stereocenters. The monoisotopic (exact) mass is 285 g/mol. The molecule has 0 atom stereocenters. The van der Waals surface area contributed by atoms with E-state index in [1.54, 1.807) is 36.4 Å². The minimum Gasteiger partial charge on any atom is -0.489 e. The number of hydrogen-bond acceptors (Lipinski definition) is 2. The fourth-order valence-corrected chi connectivity index (χ4v) is 1.67. The number of carbonyl (C=O) groups is 1. The first-order chi connectivity index (χ1) is 10.1. The average Bonchev–Trinajstić information content (AvgIpc) is 2.48. The highest BCUT2D eigenvalue weighted by Crippen LogP contribution is 2.16. The second kappa shape index (κ2) is 6.70. The molecule has 1 amide bonds. The molecule has 0 radical (unpaired) electrons. The first-order valence-corrected chi connectivity index (χ1v) is 6.49. The summed E-state index contributed by atoms with van der Waals surface area (Å²) in [6, 6.07) is 12.7. The van der Waals surface area contributed by atoms with Crippen molar-refractivity contribution in [2.75, 3.05) is 11.9 Å². The molecule has 0 heterocycles. The van der Waals surface area contributed by atoms with Gasteiger partial charge >= 0.3 is 0 Å². The largest absolute Gasteiger partial charge is 0.489 e. The highest BCUT2D eigenvalue weighted by atomic mass is 19.1. The maximum absolute atomic E-state index is 13.5. The van der Waals surface area contributed by atoms with Crippen LogP contribution in [0.15, 0.2) is 60.7 Å². The predicted molar refractivity (Wildman–Crippen MR) is 81.1 cm³/mol. The number of benzene rings is 2. The fraction of sp³-hybridized carbons (Fsp3) is 0.118. The summed E-state index contributed by atoms with van der Waals surface area (Å²) in [4.78, 5) is 12.0. The van der Waals surface area contributed by atoms with Gasteiger partial charge in [-0.1, -0.05) is 18.7 Å². The van der Waals surface area contributed by atoms with Gasteiger partial charge in [-0.2, -0.15) is 0 Å². The summed E-state index contributed by atoms with van der Waals surface area (Å²) in [6.07, 6.45) is 0. The Morgan fingerprint density at radius 1 is 1.19 bits per heavy atom. The molecule has 3 nitrogen and oxygen atoms in total. The van der Waals surface area contributed by atoms with Gasteiger partial charge in [-0.05, 0) is 48.9 Å². The first kappa shape index (κ1) is 14.8. The van der Waals surface area contributed by atoms with E-state index in [4.69, 9.17) is 4.74 Å². The molecular weight excluding hydrogens is 269 g/mol. The molecule has 2 aromatic carbocycles. The lowest BCUT2D eigenvalue weighted by Crippen LogP contribution is -2.12. The number of amides is 1. The van der Waals surface area contributed by atoms with Crippen LogP contribution in [0.3, 0.4) is 0 Å². The molecule has 1 N–H and O–H groups in total. The van der Waals surface area contributed by atoms with E-state index in [9.17, 15) is 9.18 Å². The van der Waals surface area contributed by atoms with Crippen LogP contribution in [-0.2, 0) is 0 Å². The van der Waals surface area contributed by atoms with E-state index in [0.717, 1.165) is 5.57 Å². The Kier molecular flexibility index (Phi) is 4.72. The highest BCUT2D eigenvalue weighted by Gasteiger charge is 2.08. The Labute approximate surface area is 123 Å². The molecule has 0 aliphatic heterocycles. The van der Waals surface area contributed by atoms with Crippen LogP contribution in [0.25, 0.3) is 0 Å². The number of nitrogens with one attached hydrogen (secondary N) is 1. The van der Waals surface area contributed by atoms with Crippen molar-refractivity contribution in [3.63, 3.8) is 0 Å². The second-order valence-corrected chi connectivity index (χ2v) is 4.70. The molecule has 0 saturated carbocycles. The minimum absolute atomic E-state index is 0.158. The van der Waals surface area contributed by atoms with Crippen LogP contribution < -0.4 is 10.1 Å². The summed E-state index contributed by atoms with van der Waals surface area (Å²) in [6.45, 7) is 6.05. The van der Waals surface area contributed by atoms with Crippen molar-refractivity contribution in [1.82, 2.24) is 0 Å². The zero-order valence-electron chi connectivity index (χ0n) is 11.7. The predicted octanol–water partition coefficient (Wildman–Crippen LogP) is 4.03. The molecule has 0 bridgehead atoms. The molecule has 0 aliphatic carbocycles. The van der Waals surface area contributed by atoms with E-state index in [1.165, 1.54) is 12.1 Å². The maximum Gasteiger partial charge on any atom is 0.255 e. The number of rotatable bonds is 5. The molecular formula is C17H16FNO2. The topological polar surface area (TPSA) is 38.3 Å². The number of hydrogen-bond donors (Lipinski definition) is 1. The van der Waals surface area contributed by atoms with Crippen molar-refractivity contribution >= 4 is 11.6 Å². The Balaban J connectivity index is 2.03. The minimum atomic E-state index is -0.465. The molecule has 108 valence electrons. The number of para-hydroxylation sites is 1. The van der Waals surface area contributed by atoms with E-state index in [-0.39, 0.29) is 11.6 Å². The van der Waals surface area contributed by atoms with Gasteiger partial charge in [0.2, 0.25) is 0 Å². The van der Waals surface area contributed by atoms with Crippen molar-refractivity contribution < 1.29 is 13.9 Å². The zero-order valence-corrected chi connectivity index (χ0v) is 11.7. The Morgan fingerprint density at radius 3 is 2.48 bits per heavy atom. The van der Waals surface area contributed by atoms with Crippen LogP contribution in [0.2, 0.25) is 0 Å². The maximum atomic E-state index is 13.5. The van der Waals surface area contributed by atoms with Gasteiger partial charge in [0, 0.05) is 5.56 Å². The van der Waals surface area contributed by atoms with Crippen LogP contribution in [0.5, 0.6) is 5.75 Å². The number of anilines is 1. The summed E-state index contributed by atoms with van der Waals surface area (Å²) in [5.41, 5.74) is 1.50. The number of halogens is 1. The van der Waals surface area contributed by atoms with Gasteiger partial charge in [0.1, 0.15) is 18.2 Å². The van der Waals surface area contributed by atoms with Gasteiger partial charge in [-0.3, -0.25) is 4.79 Å². The third kappa shape index (κ3) is 4.18. The summed E-state index contributed by atoms with van der Waals surface area (Å²) < 4.78 is 18.9. The third-order valence-corrected chi connectivity index (χ3v) is 2.72. The van der Waals surface area contributed by atoms with Gasteiger partial charge in [0.25, 0.3) is 5.91 Å². The number of ether oxygens (including phenoxy) is 1. The normalized spacial score (nSPS) is 10.0. The molecule has 0 spiro atoms. The number of carbonyl (C=O) groups excluding carboxylic acids is 1. The SMILES string of the molecule is C=C(C)COc1ccc(C(=O)Nc2ccccc2F)cc1. The van der Waals surface area contributed by atoms with Crippen LogP contribution in [0.4, 0.5) is 10.1 Å². The fourth-order valence-electron chi connectivity index (χ4n) is 1.67. The molecule has 21 heavy (non-hydrogen) atoms. The Morgan fingerprint density at radius 2 is 1.86 bits per heavy atom. The lowest BCUT2D eigenvalue weighted by molar-refractivity contribution is 0.102. The standard InChI is InChI=1S/C17H16FNO2/c1-12(2)11-21-14-9-7-13(8-10-14)17(20)19-16-6-4-3-5-15(16)18/h3-10H,1,11H2,2H3,(H,19,20). The quantitative estimate of drug-likeness (QED) is 0.842. The molecule has 0 aliphatic rings. The van der Waals surface area contributed by atoms with E-state index >= 15 is 0 Å². The van der Waals surface area contributed by atoms with Crippen molar-refractivity contribution in [3.05, 3.63) is 72.1 Å². The van der Waals surface area contributed by atoms with Gasteiger partial charge in [-0.15, -0.1) is 0 Å². The van der Waals surface area contributed by atoms with E-state index in [1.807, 2.05) is 6.92 Å². The third-order valence-electron chi connectivity index (χ3n) is 2.72. The van der Waals surface area contributed by atoms with Crippen molar-refractivity contribution in [2.45, 2.75) is 6.92 Å². The van der Waals surface area contributed by atoms with Gasteiger partial charge in [-0.25, -0.2) is 4.39 Å². The molecule has 4 heteroatoms. The summed E-state index contributed by atoms with van der Waals surface area (Å²) >= 11 is 0. The summed E-state index contributed by atoms with van der Waals surface area (Å²) in [5, 5.41) is 2.53. The van der Waals surface area contributed by atoms with Gasteiger partial charge in [0.05, 0.1) is 5.69 Å². The van der Waals surface area contributed by atoms with E-state index < -0.39 is 5.82 Å². The summed E-state index contributed by atoms with van der Waals surface area (Å²) in [7, 11) is 0. The van der Waals surface area contributed by atoms with Crippen LogP contribution >= 0.6 is 0 Å².